The van der Waals surface area contributed by atoms with Crippen molar-refractivity contribution in [3.8, 4) is 5.75 Å². The topological polar surface area (TPSA) is 88.0 Å². The maximum absolute atomic E-state index is 5.93. The van der Waals surface area contributed by atoms with Gasteiger partial charge in [-0.05, 0) is 60.4 Å². The van der Waals surface area contributed by atoms with Gasteiger partial charge in [-0.15, -0.1) is 0 Å². The SMILES string of the molecule is Clc1ccc(COc2ccc(/C=N\Nc3nc(N4CCCC4)nc(N4CCOCC4)n3)cc2)cc1. The summed E-state index contributed by atoms with van der Waals surface area (Å²) in [6.45, 7) is 5.27. The first-order chi connectivity index (χ1) is 17.2. The molecule has 3 aromatic rings. The molecule has 2 aromatic carbocycles. The van der Waals surface area contributed by atoms with Crippen LogP contribution in [0.4, 0.5) is 17.8 Å². The van der Waals surface area contributed by atoms with Crippen molar-refractivity contribution < 1.29 is 9.47 Å². The lowest BCUT2D eigenvalue weighted by Gasteiger charge is -2.27. The van der Waals surface area contributed by atoms with Gasteiger partial charge in [-0.1, -0.05) is 23.7 Å². The molecule has 182 valence electrons. The fourth-order valence-corrected chi connectivity index (χ4v) is 4.06. The lowest BCUT2D eigenvalue weighted by atomic mass is 10.2. The van der Waals surface area contributed by atoms with Gasteiger partial charge in [0.15, 0.2) is 0 Å². The van der Waals surface area contributed by atoms with E-state index in [1.165, 1.54) is 0 Å². The second-order valence-electron chi connectivity index (χ2n) is 8.41. The van der Waals surface area contributed by atoms with Crippen LogP contribution in [0.2, 0.25) is 5.02 Å². The van der Waals surface area contributed by atoms with E-state index < -0.39 is 0 Å². The Morgan fingerprint density at radius 2 is 1.54 bits per heavy atom. The minimum Gasteiger partial charge on any atom is -0.489 e. The van der Waals surface area contributed by atoms with E-state index in [1.54, 1.807) is 6.21 Å². The van der Waals surface area contributed by atoms with Gasteiger partial charge in [0.25, 0.3) is 0 Å². The van der Waals surface area contributed by atoms with Gasteiger partial charge < -0.3 is 19.3 Å². The lowest BCUT2D eigenvalue weighted by Crippen LogP contribution is -2.38. The standard InChI is InChI=1S/C25H28ClN7O2/c26-21-7-3-20(4-8-21)18-35-22-9-5-19(6-10-22)17-27-31-23-28-24(32-11-1-2-12-32)30-25(29-23)33-13-15-34-16-14-33/h3-10,17H,1-2,11-16,18H2,(H,28,29,30,31)/b27-17-. The van der Waals surface area contributed by atoms with E-state index in [2.05, 4.69) is 30.3 Å². The molecule has 0 aliphatic carbocycles. The first-order valence-electron chi connectivity index (χ1n) is 11.8. The Morgan fingerprint density at radius 1 is 0.886 bits per heavy atom. The molecule has 2 fully saturated rings. The summed E-state index contributed by atoms with van der Waals surface area (Å²) in [6, 6.07) is 15.4. The number of aromatic nitrogens is 3. The third-order valence-electron chi connectivity index (χ3n) is 5.87. The normalized spacial score (nSPS) is 16.1. The third-order valence-corrected chi connectivity index (χ3v) is 6.12. The summed E-state index contributed by atoms with van der Waals surface area (Å²) in [5, 5.41) is 5.07. The van der Waals surface area contributed by atoms with Gasteiger partial charge in [-0.25, -0.2) is 5.43 Å². The number of hydrazone groups is 1. The van der Waals surface area contributed by atoms with Crippen molar-refractivity contribution in [1.82, 2.24) is 15.0 Å². The summed E-state index contributed by atoms with van der Waals surface area (Å²) in [5.41, 5.74) is 4.97. The van der Waals surface area contributed by atoms with E-state index in [4.69, 9.17) is 26.1 Å². The molecule has 10 heteroatoms. The van der Waals surface area contributed by atoms with Crippen molar-refractivity contribution in [3.63, 3.8) is 0 Å². The number of ether oxygens (including phenoxy) is 2. The van der Waals surface area contributed by atoms with Gasteiger partial charge in [0.2, 0.25) is 17.8 Å². The molecule has 0 bridgehead atoms. The molecule has 0 atom stereocenters. The molecule has 2 aliphatic heterocycles. The number of nitrogens with zero attached hydrogens (tertiary/aromatic N) is 6. The zero-order chi connectivity index (χ0) is 23.9. The summed E-state index contributed by atoms with van der Waals surface area (Å²) < 4.78 is 11.3. The molecule has 0 spiro atoms. The van der Waals surface area contributed by atoms with E-state index in [0.29, 0.717) is 42.7 Å². The summed E-state index contributed by atoms with van der Waals surface area (Å²) in [5.74, 6) is 2.57. The van der Waals surface area contributed by atoms with Crippen molar-refractivity contribution in [2.75, 3.05) is 54.6 Å². The summed E-state index contributed by atoms with van der Waals surface area (Å²) >= 11 is 5.93. The molecule has 1 aromatic heterocycles. The Balaban J connectivity index is 1.22. The maximum Gasteiger partial charge on any atom is 0.250 e. The van der Waals surface area contributed by atoms with Crippen LogP contribution >= 0.6 is 11.6 Å². The monoisotopic (exact) mass is 493 g/mol. The van der Waals surface area contributed by atoms with Gasteiger partial charge in [0.1, 0.15) is 12.4 Å². The number of nitrogens with one attached hydrogen (secondary N) is 1. The highest BCUT2D eigenvalue weighted by Gasteiger charge is 2.21. The number of hydrogen-bond acceptors (Lipinski definition) is 9. The Labute approximate surface area is 209 Å². The van der Waals surface area contributed by atoms with Gasteiger partial charge in [-0.3, -0.25) is 0 Å². The van der Waals surface area contributed by atoms with Crippen LogP contribution in [0.5, 0.6) is 5.75 Å². The lowest BCUT2D eigenvalue weighted by molar-refractivity contribution is 0.122. The van der Waals surface area contributed by atoms with Crippen LogP contribution in [-0.2, 0) is 11.3 Å². The number of anilines is 3. The number of morpholine rings is 1. The predicted molar refractivity (Wildman–Crippen MR) is 138 cm³/mol. The van der Waals surface area contributed by atoms with E-state index >= 15 is 0 Å². The highest BCUT2D eigenvalue weighted by Crippen LogP contribution is 2.21. The third kappa shape index (κ3) is 6.37. The van der Waals surface area contributed by atoms with Crippen LogP contribution in [0.15, 0.2) is 53.6 Å². The van der Waals surface area contributed by atoms with E-state index in [9.17, 15) is 0 Å². The fourth-order valence-electron chi connectivity index (χ4n) is 3.93. The van der Waals surface area contributed by atoms with Crippen LogP contribution in [0.25, 0.3) is 0 Å². The molecular weight excluding hydrogens is 466 g/mol. The molecule has 2 aliphatic rings. The zero-order valence-corrected chi connectivity index (χ0v) is 20.2. The molecule has 2 saturated heterocycles. The van der Waals surface area contributed by atoms with E-state index in [0.717, 1.165) is 55.9 Å². The maximum atomic E-state index is 5.93. The Hall–Kier alpha value is -3.43. The minimum absolute atomic E-state index is 0.433. The van der Waals surface area contributed by atoms with Gasteiger partial charge in [0.05, 0.1) is 19.4 Å². The first-order valence-corrected chi connectivity index (χ1v) is 12.2. The average molecular weight is 494 g/mol. The van der Waals surface area contributed by atoms with Crippen molar-refractivity contribution in [2.24, 2.45) is 5.10 Å². The Kier molecular flexibility index (Phi) is 7.55. The minimum atomic E-state index is 0.433. The molecule has 0 amide bonds. The average Bonchev–Trinajstić information content (AvgIpc) is 3.45. The first kappa shape index (κ1) is 23.3. The Bertz CT molecular complexity index is 1130. The quantitative estimate of drug-likeness (QED) is 0.372. The molecule has 1 N–H and O–H groups in total. The number of halogens is 1. The highest BCUT2D eigenvalue weighted by molar-refractivity contribution is 6.30. The van der Waals surface area contributed by atoms with Gasteiger partial charge in [-0.2, -0.15) is 20.1 Å². The smallest absolute Gasteiger partial charge is 0.250 e. The second kappa shape index (κ2) is 11.3. The van der Waals surface area contributed by atoms with Crippen molar-refractivity contribution >= 4 is 35.7 Å². The van der Waals surface area contributed by atoms with Crippen molar-refractivity contribution in [2.45, 2.75) is 19.4 Å². The molecule has 0 radical (unpaired) electrons. The number of rotatable bonds is 8. The van der Waals surface area contributed by atoms with Crippen LogP contribution in [0.3, 0.4) is 0 Å². The summed E-state index contributed by atoms with van der Waals surface area (Å²) in [7, 11) is 0. The van der Waals surface area contributed by atoms with Crippen LogP contribution in [0.1, 0.15) is 24.0 Å². The molecule has 35 heavy (non-hydrogen) atoms. The molecule has 9 nitrogen and oxygen atoms in total. The Morgan fingerprint density at radius 3 is 2.23 bits per heavy atom. The number of benzene rings is 2. The fraction of sp³-hybridized carbons (Fsp3) is 0.360. The van der Waals surface area contributed by atoms with E-state index in [1.807, 2.05) is 48.5 Å². The van der Waals surface area contributed by atoms with Crippen LogP contribution < -0.4 is 20.0 Å². The molecule has 0 saturated carbocycles. The zero-order valence-electron chi connectivity index (χ0n) is 19.4. The molecular formula is C25H28ClN7O2. The highest BCUT2D eigenvalue weighted by atomic mass is 35.5. The van der Waals surface area contributed by atoms with Gasteiger partial charge >= 0.3 is 0 Å². The van der Waals surface area contributed by atoms with Crippen LogP contribution in [-0.4, -0.2) is 60.6 Å². The summed E-state index contributed by atoms with van der Waals surface area (Å²) in [6.07, 6.45) is 4.04. The predicted octanol–water partition coefficient (Wildman–Crippen LogP) is 3.99. The van der Waals surface area contributed by atoms with E-state index in [-0.39, 0.29) is 0 Å². The molecule has 5 rings (SSSR count). The number of hydrogen-bond donors (Lipinski definition) is 1. The van der Waals surface area contributed by atoms with Crippen molar-refractivity contribution in [1.29, 1.82) is 0 Å². The van der Waals surface area contributed by atoms with Gasteiger partial charge in [0, 0.05) is 31.2 Å². The van der Waals surface area contributed by atoms with Crippen molar-refractivity contribution in [3.05, 3.63) is 64.7 Å². The molecule has 3 heterocycles. The second-order valence-corrected chi connectivity index (χ2v) is 8.84. The molecule has 0 unspecified atom stereocenters. The summed E-state index contributed by atoms with van der Waals surface area (Å²) in [4.78, 5) is 18.3. The van der Waals surface area contributed by atoms with Crippen LogP contribution in [0, 0.1) is 0 Å². The largest absolute Gasteiger partial charge is 0.489 e.